The molecule has 2 amide bonds. The lowest BCUT2D eigenvalue weighted by molar-refractivity contribution is -0.120. The van der Waals surface area contributed by atoms with Crippen LogP contribution in [0.1, 0.15) is 12.0 Å². The number of carbonyl (C=O) groups excluding carboxylic acids is 2. The van der Waals surface area contributed by atoms with Crippen molar-refractivity contribution >= 4 is 46.8 Å². The second-order valence-electron chi connectivity index (χ2n) is 4.89. The molecule has 1 aliphatic heterocycles. The smallest absolute Gasteiger partial charge is 0.261 e. The van der Waals surface area contributed by atoms with Gasteiger partial charge in [-0.3, -0.25) is 9.59 Å². The summed E-state index contributed by atoms with van der Waals surface area (Å²) in [5.74, 6) is -0.537. The van der Waals surface area contributed by atoms with E-state index in [0.717, 1.165) is 5.56 Å². The first kappa shape index (κ1) is 14.8. The molecule has 5 heteroatoms. The molecule has 0 saturated carbocycles. The molecule has 0 N–H and O–H groups in total. The highest BCUT2D eigenvalue weighted by Gasteiger charge is 2.34. The van der Waals surface area contributed by atoms with Crippen LogP contribution >= 0.6 is 23.2 Å². The largest absolute Gasteiger partial charge is 0.274 e. The lowest BCUT2D eigenvalue weighted by Gasteiger charge is -2.12. The summed E-state index contributed by atoms with van der Waals surface area (Å²) in [6.07, 6.45) is 1.75. The summed E-state index contributed by atoms with van der Waals surface area (Å²) in [6.45, 7) is 0. The number of imide groups is 1. The fourth-order valence-corrected chi connectivity index (χ4v) is 2.64. The van der Waals surface area contributed by atoms with E-state index < -0.39 is 0 Å². The van der Waals surface area contributed by atoms with E-state index in [0.29, 0.717) is 21.3 Å². The summed E-state index contributed by atoms with van der Waals surface area (Å²) in [6, 6.07) is 14.0. The highest BCUT2D eigenvalue weighted by Crippen LogP contribution is 2.29. The van der Waals surface area contributed by atoms with E-state index in [1.165, 1.54) is 4.90 Å². The Morgan fingerprint density at radius 1 is 0.955 bits per heavy atom. The molecule has 2 aromatic rings. The van der Waals surface area contributed by atoms with E-state index in [2.05, 4.69) is 0 Å². The standard InChI is InChI=1S/C17H11Cl2NO2/c18-14-7-6-11(9-15(14)19)8-12-10-16(21)20(17(12)22)13-4-2-1-3-5-13/h1-9H,10H2/b12-8+. The normalized spacial score (nSPS) is 16.6. The van der Waals surface area contributed by atoms with E-state index >= 15 is 0 Å². The molecule has 0 atom stereocenters. The number of amides is 2. The SMILES string of the molecule is O=C1C/C(=C\c2ccc(Cl)c(Cl)c2)C(=O)N1c1ccccc1. The summed E-state index contributed by atoms with van der Waals surface area (Å²) < 4.78 is 0. The second-order valence-corrected chi connectivity index (χ2v) is 5.70. The minimum Gasteiger partial charge on any atom is -0.274 e. The van der Waals surface area contributed by atoms with E-state index in [1.807, 2.05) is 6.07 Å². The highest BCUT2D eigenvalue weighted by atomic mass is 35.5. The number of nitrogens with zero attached hydrogens (tertiary/aromatic N) is 1. The Balaban J connectivity index is 1.93. The van der Waals surface area contributed by atoms with Crippen LogP contribution in [0, 0.1) is 0 Å². The Bertz CT molecular complexity index is 785. The second kappa shape index (κ2) is 5.95. The van der Waals surface area contributed by atoms with Crippen LogP contribution in [-0.2, 0) is 9.59 Å². The van der Waals surface area contributed by atoms with E-state index in [9.17, 15) is 9.59 Å². The van der Waals surface area contributed by atoms with E-state index in [-0.39, 0.29) is 18.2 Å². The van der Waals surface area contributed by atoms with Gasteiger partial charge in [0.05, 0.1) is 22.2 Å². The van der Waals surface area contributed by atoms with Crippen LogP contribution in [-0.4, -0.2) is 11.8 Å². The number of hydrogen-bond donors (Lipinski definition) is 0. The maximum absolute atomic E-state index is 12.5. The Labute approximate surface area is 137 Å². The van der Waals surface area contributed by atoms with Crippen molar-refractivity contribution in [3.05, 3.63) is 69.7 Å². The fraction of sp³-hybridized carbons (Fsp3) is 0.0588. The molecule has 2 aromatic carbocycles. The van der Waals surface area contributed by atoms with Gasteiger partial charge in [-0.25, -0.2) is 4.90 Å². The maximum atomic E-state index is 12.5. The van der Waals surface area contributed by atoms with Gasteiger partial charge in [0, 0.05) is 5.57 Å². The molecule has 0 bridgehead atoms. The van der Waals surface area contributed by atoms with Gasteiger partial charge in [-0.2, -0.15) is 0 Å². The first-order valence-corrected chi connectivity index (χ1v) is 7.40. The zero-order valence-corrected chi connectivity index (χ0v) is 12.9. The van der Waals surface area contributed by atoms with Crippen LogP contribution in [0.25, 0.3) is 6.08 Å². The van der Waals surface area contributed by atoms with Crippen molar-refractivity contribution in [1.29, 1.82) is 0 Å². The van der Waals surface area contributed by atoms with Crippen LogP contribution in [0.15, 0.2) is 54.1 Å². The van der Waals surface area contributed by atoms with Crippen molar-refractivity contribution in [3.63, 3.8) is 0 Å². The minimum absolute atomic E-state index is 0.0774. The molecule has 3 rings (SSSR count). The number of para-hydroxylation sites is 1. The summed E-state index contributed by atoms with van der Waals surface area (Å²) in [7, 11) is 0. The van der Waals surface area contributed by atoms with Crippen LogP contribution in [0.2, 0.25) is 10.0 Å². The lowest BCUT2D eigenvalue weighted by atomic mass is 10.1. The van der Waals surface area contributed by atoms with Crippen molar-refractivity contribution in [2.75, 3.05) is 4.90 Å². The number of rotatable bonds is 2. The Kier molecular flexibility index (Phi) is 4.01. The van der Waals surface area contributed by atoms with Crippen LogP contribution in [0.4, 0.5) is 5.69 Å². The summed E-state index contributed by atoms with van der Waals surface area (Å²) in [5, 5.41) is 0.858. The Morgan fingerprint density at radius 3 is 2.36 bits per heavy atom. The monoisotopic (exact) mass is 331 g/mol. The average molecular weight is 332 g/mol. The number of halogens is 2. The van der Waals surface area contributed by atoms with Gasteiger partial charge >= 0.3 is 0 Å². The van der Waals surface area contributed by atoms with Crippen molar-refractivity contribution in [3.8, 4) is 0 Å². The molecule has 0 radical (unpaired) electrons. The topological polar surface area (TPSA) is 37.4 Å². The van der Waals surface area contributed by atoms with Gasteiger partial charge in [0.15, 0.2) is 0 Å². The third-order valence-electron chi connectivity index (χ3n) is 3.37. The number of carbonyl (C=O) groups is 2. The molecule has 0 spiro atoms. The Morgan fingerprint density at radius 2 is 1.68 bits per heavy atom. The molecule has 0 aliphatic carbocycles. The third kappa shape index (κ3) is 2.78. The molecule has 1 saturated heterocycles. The van der Waals surface area contributed by atoms with Gasteiger partial charge in [0.1, 0.15) is 0 Å². The van der Waals surface area contributed by atoms with Gasteiger partial charge in [0.2, 0.25) is 5.91 Å². The summed E-state index contributed by atoms with van der Waals surface area (Å²) in [5.41, 5.74) is 1.75. The summed E-state index contributed by atoms with van der Waals surface area (Å²) >= 11 is 11.8. The first-order chi connectivity index (χ1) is 10.6. The molecule has 3 nitrogen and oxygen atoms in total. The molecule has 22 heavy (non-hydrogen) atoms. The minimum atomic E-state index is -0.303. The van der Waals surface area contributed by atoms with Crippen molar-refractivity contribution in [2.24, 2.45) is 0 Å². The van der Waals surface area contributed by atoms with Crippen LogP contribution < -0.4 is 4.90 Å². The van der Waals surface area contributed by atoms with Crippen molar-refractivity contribution in [2.45, 2.75) is 6.42 Å². The lowest BCUT2D eigenvalue weighted by Crippen LogP contribution is -2.28. The molecule has 1 fully saturated rings. The van der Waals surface area contributed by atoms with Gasteiger partial charge in [-0.05, 0) is 35.9 Å². The molecule has 0 unspecified atom stereocenters. The Hall–Kier alpha value is -2.10. The van der Waals surface area contributed by atoms with Gasteiger partial charge in [0.25, 0.3) is 5.91 Å². The zero-order valence-electron chi connectivity index (χ0n) is 11.4. The van der Waals surface area contributed by atoms with E-state index in [4.69, 9.17) is 23.2 Å². The molecular formula is C17H11Cl2NO2. The molecule has 1 heterocycles. The quantitative estimate of drug-likeness (QED) is 0.606. The molecule has 0 aromatic heterocycles. The molecule has 110 valence electrons. The van der Waals surface area contributed by atoms with Crippen molar-refractivity contribution < 1.29 is 9.59 Å². The zero-order chi connectivity index (χ0) is 15.7. The average Bonchev–Trinajstić information content (AvgIpc) is 2.78. The van der Waals surface area contributed by atoms with E-state index in [1.54, 1.807) is 48.5 Å². The molecular weight excluding hydrogens is 321 g/mol. The van der Waals surface area contributed by atoms with Crippen LogP contribution in [0.3, 0.4) is 0 Å². The van der Waals surface area contributed by atoms with Gasteiger partial charge < -0.3 is 0 Å². The number of anilines is 1. The highest BCUT2D eigenvalue weighted by molar-refractivity contribution is 6.42. The number of benzene rings is 2. The predicted molar refractivity (Wildman–Crippen MR) is 88.0 cm³/mol. The van der Waals surface area contributed by atoms with Crippen molar-refractivity contribution in [1.82, 2.24) is 0 Å². The van der Waals surface area contributed by atoms with Gasteiger partial charge in [-0.1, -0.05) is 47.5 Å². The van der Waals surface area contributed by atoms with Gasteiger partial charge in [-0.15, -0.1) is 0 Å². The molecule has 1 aliphatic rings. The summed E-state index contributed by atoms with van der Waals surface area (Å²) in [4.78, 5) is 25.8. The number of hydrogen-bond acceptors (Lipinski definition) is 2. The third-order valence-corrected chi connectivity index (χ3v) is 4.11. The maximum Gasteiger partial charge on any atom is 0.261 e. The fourth-order valence-electron chi connectivity index (χ4n) is 2.33. The first-order valence-electron chi connectivity index (χ1n) is 6.64. The predicted octanol–water partition coefficient (Wildman–Crippen LogP) is 4.34. The van der Waals surface area contributed by atoms with Crippen LogP contribution in [0.5, 0.6) is 0 Å².